The van der Waals surface area contributed by atoms with Gasteiger partial charge in [0.05, 0.1) is 13.2 Å². The molecule has 0 fully saturated rings. The number of para-hydroxylation sites is 1. The van der Waals surface area contributed by atoms with E-state index in [-0.39, 0.29) is 6.61 Å². The van der Waals surface area contributed by atoms with Crippen LogP contribution in [0.4, 0.5) is 11.4 Å². The summed E-state index contributed by atoms with van der Waals surface area (Å²) in [6.45, 7) is 2.57. The first kappa shape index (κ1) is 20.0. The zero-order valence-electron chi connectivity index (χ0n) is 16.5. The highest BCUT2D eigenvalue weighted by Crippen LogP contribution is 2.28. The summed E-state index contributed by atoms with van der Waals surface area (Å²) in [5, 5.41) is 25.0. The maximum atomic E-state index is 9.04. The third-order valence-electron chi connectivity index (χ3n) is 4.70. The Labute approximate surface area is 166 Å². The Morgan fingerprint density at radius 2 is 1.86 bits per heavy atom. The summed E-state index contributed by atoms with van der Waals surface area (Å²) in [5.74, 6) is 0.545. The molecule has 0 radical (unpaired) electrons. The van der Waals surface area contributed by atoms with E-state index in [0.29, 0.717) is 12.4 Å². The standard InChI is InChI=1S/C22H29N5O/c1-2-3-4-5-6-10-18-11-9-12-19(17-18)23-21-14-8-7-13-20(21)22-24-26-27(25-22)15-16-28/h7-9,11-14,17,23,28H,2-6,10,15-16H2,1H3. The molecule has 1 heterocycles. The van der Waals surface area contributed by atoms with Gasteiger partial charge >= 0.3 is 0 Å². The minimum Gasteiger partial charge on any atom is -0.394 e. The Bertz CT molecular complexity index is 861. The average molecular weight is 380 g/mol. The molecule has 1 aromatic heterocycles. The lowest BCUT2D eigenvalue weighted by Gasteiger charge is -2.11. The molecule has 0 saturated heterocycles. The predicted molar refractivity (Wildman–Crippen MR) is 113 cm³/mol. The van der Waals surface area contributed by atoms with E-state index < -0.39 is 0 Å². The highest BCUT2D eigenvalue weighted by Gasteiger charge is 2.11. The van der Waals surface area contributed by atoms with Crippen molar-refractivity contribution in [2.45, 2.75) is 52.0 Å². The lowest BCUT2D eigenvalue weighted by molar-refractivity contribution is 0.259. The van der Waals surface area contributed by atoms with Gasteiger partial charge in [0.2, 0.25) is 5.82 Å². The van der Waals surface area contributed by atoms with E-state index in [0.717, 1.165) is 23.4 Å². The Morgan fingerprint density at radius 3 is 2.71 bits per heavy atom. The van der Waals surface area contributed by atoms with E-state index in [9.17, 15) is 0 Å². The Morgan fingerprint density at radius 1 is 1.00 bits per heavy atom. The first-order valence-corrected chi connectivity index (χ1v) is 10.1. The third kappa shape index (κ3) is 5.63. The molecule has 0 amide bonds. The number of hydrogen-bond acceptors (Lipinski definition) is 5. The number of nitrogens with zero attached hydrogens (tertiary/aromatic N) is 4. The smallest absolute Gasteiger partial charge is 0.207 e. The fraction of sp³-hybridized carbons (Fsp3) is 0.409. The molecule has 0 aliphatic rings. The average Bonchev–Trinajstić information content (AvgIpc) is 3.17. The second kappa shape index (κ2) is 10.6. The first-order valence-electron chi connectivity index (χ1n) is 10.1. The largest absolute Gasteiger partial charge is 0.394 e. The normalized spacial score (nSPS) is 10.9. The van der Waals surface area contributed by atoms with Gasteiger partial charge in [-0.2, -0.15) is 4.80 Å². The van der Waals surface area contributed by atoms with Gasteiger partial charge in [0.1, 0.15) is 0 Å². The highest BCUT2D eigenvalue weighted by atomic mass is 16.3. The molecule has 148 valence electrons. The van der Waals surface area contributed by atoms with Gasteiger partial charge in [-0.15, -0.1) is 10.2 Å². The van der Waals surface area contributed by atoms with Crippen LogP contribution in [0.25, 0.3) is 11.4 Å². The SMILES string of the molecule is CCCCCCCc1cccc(Nc2ccccc2-c2nnn(CCO)n2)c1. The summed E-state index contributed by atoms with van der Waals surface area (Å²) in [6, 6.07) is 16.5. The van der Waals surface area contributed by atoms with Gasteiger partial charge in [-0.3, -0.25) is 0 Å². The molecule has 0 spiro atoms. The zero-order chi connectivity index (χ0) is 19.6. The summed E-state index contributed by atoms with van der Waals surface area (Å²) in [6.07, 6.45) is 7.57. The van der Waals surface area contributed by atoms with Crippen LogP contribution in [-0.2, 0) is 13.0 Å². The van der Waals surface area contributed by atoms with Crippen molar-refractivity contribution < 1.29 is 5.11 Å². The monoisotopic (exact) mass is 379 g/mol. The number of benzene rings is 2. The second-order valence-electron chi connectivity index (χ2n) is 6.97. The fourth-order valence-corrected chi connectivity index (χ4v) is 3.22. The number of hydrogen-bond donors (Lipinski definition) is 2. The van der Waals surface area contributed by atoms with Gasteiger partial charge in [0, 0.05) is 16.9 Å². The number of aliphatic hydroxyl groups excluding tert-OH is 1. The van der Waals surface area contributed by atoms with Crippen molar-refractivity contribution in [2.75, 3.05) is 11.9 Å². The number of unbranched alkanes of at least 4 members (excludes halogenated alkanes) is 4. The van der Waals surface area contributed by atoms with Crippen LogP contribution in [0.5, 0.6) is 0 Å². The van der Waals surface area contributed by atoms with Crippen LogP contribution in [0.1, 0.15) is 44.6 Å². The molecule has 28 heavy (non-hydrogen) atoms. The van der Waals surface area contributed by atoms with Crippen LogP contribution in [0.2, 0.25) is 0 Å². The van der Waals surface area contributed by atoms with Crippen molar-refractivity contribution >= 4 is 11.4 Å². The van der Waals surface area contributed by atoms with Gasteiger partial charge in [-0.1, -0.05) is 56.9 Å². The Kier molecular flexibility index (Phi) is 7.55. The molecule has 3 rings (SSSR count). The van der Waals surface area contributed by atoms with Crippen LogP contribution in [0.3, 0.4) is 0 Å². The van der Waals surface area contributed by atoms with Crippen LogP contribution < -0.4 is 5.32 Å². The molecular weight excluding hydrogens is 350 g/mol. The highest BCUT2D eigenvalue weighted by molar-refractivity contribution is 5.77. The molecule has 0 saturated carbocycles. The molecule has 6 heteroatoms. The summed E-state index contributed by atoms with van der Waals surface area (Å²) in [4.78, 5) is 1.41. The number of aryl methyl sites for hydroxylation is 1. The first-order chi connectivity index (χ1) is 13.8. The summed E-state index contributed by atoms with van der Waals surface area (Å²) in [5.41, 5.74) is 4.23. The van der Waals surface area contributed by atoms with Gasteiger partial charge in [-0.05, 0) is 47.9 Å². The maximum absolute atomic E-state index is 9.04. The summed E-state index contributed by atoms with van der Waals surface area (Å²) < 4.78 is 0. The lowest BCUT2D eigenvalue weighted by atomic mass is 10.0. The molecule has 0 bridgehead atoms. The van der Waals surface area contributed by atoms with Crippen LogP contribution in [-0.4, -0.2) is 31.9 Å². The molecule has 2 N–H and O–H groups in total. The molecule has 0 aliphatic heterocycles. The van der Waals surface area contributed by atoms with E-state index >= 15 is 0 Å². The molecule has 2 aromatic carbocycles. The molecule has 3 aromatic rings. The van der Waals surface area contributed by atoms with Crippen molar-refractivity contribution in [2.24, 2.45) is 0 Å². The number of aromatic nitrogens is 4. The van der Waals surface area contributed by atoms with E-state index in [2.05, 4.69) is 51.9 Å². The fourth-order valence-electron chi connectivity index (χ4n) is 3.22. The van der Waals surface area contributed by atoms with Gasteiger partial charge in [0.15, 0.2) is 0 Å². The third-order valence-corrected chi connectivity index (χ3v) is 4.70. The Hall–Kier alpha value is -2.73. The summed E-state index contributed by atoms with van der Waals surface area (Å²) >= 11 is 0. The topological polar surface area (TPSA) is 75.9 Å². The number of anilines is 2. The molecule has 0 aliphatic carbocycles. The van der Waals surface area contributed by atoms with Crippen LogP contribution in [0.15, 0.2) is 48.5 Å². The van der Waals surface area contributed by atoms with E-state index in [1.54, 1.807) is 0 Å². The van der Waals surface area contributed by atoms with E-state index in [1.807, 2.05) is 24.3 Å². The molecule has 0 unspecified atom stereocenters. The second-order valence-corrected chi connectivity index (χ2v) is 6.97. The quantitative estimate of drug-likeness (QED) is 0.477. The summed E-state index contributed by atoms with van der Waals surface area (Å²) in [7, 11) is 0. The van der Waals surface area contributed by atoms with Crippen molar-refractivity contribution in [1.29, 1.82) is 0 Å². The number of tetrazole rings is 1. The van der Waals surface area contributed by atoms with Gasteiger partial charge in [0.25, 0.3) is 0 Å². The van der Waals surface area contributed by atoms with Crippen LogP contribution >= 0.6 is 0 Å². The van der Waals surface area contributed by atoms with Crippen molar-refractivity contribution in [3.8, 4) is 11.4 Å². The predicted octanol–water partition coefficient (Wildman–Crippen LogP) is 4.59. The minimum atomic E-state index is -0.0130. The van der Waals surface area contributed by atoms with Crippen molar-refractivity contribution in [3.63, 3.8) is 0 Å². The van der Waals surface area contributed by atoms with Gasteiger partial charge in [-0.25, -0.2) is 0 Å². The molecule has 0 atom stereocenters. The lowest BCUT2D eigenvalue weighted by Crippen LogP contribution is -2.05. The van der Waals surface area contributed by atoms with Gasteiger partial charge < -0.3 is 10.4 Å². The van der Waals surface area contributed by atoms with E-state index in [1.165, 1.54) is 42.5 Å². The van der Waals surface area contributed by atoms with E-state index in [4.69, 9.17) is 5.11 Å². The number of aliphatic hydroxyl groups is 1. The van der Waals surface area contributed by atoms with Crippen molar-refractivity contribution in [3.05, 3.63) is 54.1 Å². The molecular formula is C22H29N5O. The number of nitrogens with one attached hydrogen (secondary N) is 1. The van der Waals surface area contributed by atoms with Crippen LogP contribution in [0, 0.1) is 0 Å². The maximum Gasteiger partial charge on any atom is 0.207 e. The van der Waals surface area contributed by atoms with Crippen molar-refractivity contribution in [1.82, 2.24) is 20.2 Å². The number of rotatable bonds is 11. The molecule has 6 nitrogen and oxygen atoms in total. The zero-order valence-corrected chi connectivity index (χ0v) is 16.5. The minimum absolute atomic E-state index is 0.0130. The Balaban J connectivity index is 1.69.